The highest BCUT2D eigenvalue weighted by Crippen LogP contribution is 2.42. The second-order valence-electron chi connectivity index (χ2n) is 12.6. The molecule has 12 unspecified atom stereocenters. The number of carboxylic acid groups (broad SMARTS) is 1. The van der Waals surface area contributed by atoms with Gasteiger partial charge in [0.1, 0.15) is 0 Å². The third-order valence-electron chi connectivity index (χ3n) is 10.0. The molecule has 40 heavy (non-hydrogen) atoms. The molecule has 0 aromatic rings. The first-order chi connectivity index (χ1) is 19.2. The second kappa shape index (κ2) is 15.1. The Hall–Kier alpha value is -0.720. The van der Waals surface area contributed by atoms with Crippen LogP contribution >= 0.6 is 23.2 Å². The fourth-order valence-corrected chi connectivity index (χ4v) is 8.38. The summed E-state index contributed by atoms with van der Waals surface area (Å²) in [6, 6.07) is -0.149. The Labute approximate surface area is 246 Å². The molecule has 0 saturated heterocycles. The van der Waals surface area contributed by atoms with Crippen LogP contribution in [0, 0.1) is 35.5 Å². The molecule has 4 rings (SSSR count). The van der Waals surface area contributed by atoms with E-state index < -0.39 is 23.9 Å². The number of hydrogen-bond acceptors (Lipinski definition) is 8. The Kier molecular flexibility index (Phi) is 12.2. The van der Waals surface area contributed by atoms with Gasteiger partial charge in [0, 0.05) is 12.1 Å². The number of amides is 1. The number of hydroxylamine groups is 1. The van der Waals surface area contributed by atoms with Crippen molar-refractivity contribution in [3.63, 3.8) is 0 Å². The first-order valence-corrected chi connectivity index (χ1v) is 15.8. The zero-order valence-corrected chi connectivity index (χ0v) is 24.5. The summed E-state index contributed by atoms with van der Waals surface area (Å²) < 4.78 is 0. The molecule has 1 amide bonds. The number of halogens is 2. The number of carbonyl (C=O) groups excluding carboxylic acids is 1. The number of carboxylic acids is 1. The summed E-state index contributed by atoms with van der Waals surface area (Å²) in [5.41, 5.74) is 3.17. The van der Waals surface area contributed by atoms with Crippen molar-refractivity contribution in [2.75, 3.05) is 13.2 Å². The van der Waals surface area contributed by atoms with Gasteiger partial charge in [0.2, 0.25) is 5.91 Å². The predicted octanol–water partition coefficient (Wildman–Crippen LogP) is 3.30. The summed E-state index contributed by atoms with van der Waals surface area (Å²) in [6.45, 7) is 0.665. The van der Waals surface area contributed by atoms with E-state index in [1.54, 1.807) is 0 Å². The average molecular weight is 610 g/mol. The maximum absolute atomic E-state index is 13.0. The van der Waals surface area contributed by atoms with Crippen LogP contribution in [0.25, 0.3) is 0 Å². The fraction of sp³-hybridized carbons (Fsp3) is 0.929. The van der Waals surface area contributed by atoms with Gasteiger partial charge >= 0.3 is 5.97 Å². The van der Waals surface area contributed by atoms with Crippen LogP contribution in [-0.2, 0) is 19.3 Å². The molecule has 0 bridgehead atoms. The predicted molar refractivity (Wildman–Crippen MR) is 149 cm³/mol. The van der Waals surface area contributed by atoms with Crippen LogP contribution < -0.4 is 10.8 Å². The summed E-state index contributed by atoms with van der Waals surface area (Å²) in [5.74, 6) is -1.69. The Balaban J connectivity index is 1.19. The van der Waals surface area contributed by atoms with Gasteiger partial charge in [-0.3, -0.25) is 14.8 Å². The van der Waals surface area contributed by atoms with Crippen LogP contribution in [0.3, 0.4) is 0 Å². The highest BCUT2D eigenvalue weighted by molar-refractivity contribution is 6.21. The average Bonchev–Trinajstić information content (AvgIpc) is 2.91. The van der Waals surface area contributed by atoms with E-state index >= 15 is 0 Å². The summed E-state index contributed by atoms with van der Waals surface area (Å²) in [4.78, 5) is 34.8. The number of aliphatic carboxylic acids is 1. The zero-order chi connectivity index (χ0) is 28.8. The minimum absolute atomic E-state index is 0.0401. The van der Waals surface area contributed by atoms with Gasteiger partial charge in [-0.1, -0.05) is 0 Å². The van der Waals surface area contributed by atoms with E-state index in [-0.39, 0.29) is 59.7 Å². The molecule has 4 aliphatic rings. The number of hydrogen-bond donors (Lipinski definition) is 6. The van der Waals surface area contributed by atoms with Crippen molar-refractivity contribution in [3.8, 4) is 0 Å². The quantitative estimate of drug-likeness (QED) is 0.124. The van der Waals surface area contributed by atoms with Crippen LogP contribution in [0.2, 0.25) is 0 Å². The highest BCUT2D eigenvalue weighted by Gasteiger charge is 2.42. The number of alkyl halides is 2. The van der Waals surface area contributed by atoms with Gasteiger partial charge < -0.3 is 25.5 Å². The van der Waals surface area contributed by atoms with Gasteiger partial charge in [0.15, 0.2) is 0 Å². The van der Waals surface area contributed by atoms with E-state index in [0.29, 0.717) is 37.7 Å². The smallest absolute Gasteiger partial charge is 0.307 e. The largest absolute Gasteiger partial charge is 0.481 e. The molecule has 4 aliphatic carbocycles. The lowest BCUT2D eigenvalue weighted by molar-refractivity contribution is -0.258. The minimum Gasteiger partial charge on any atom is -0.481 e. The molecule has 0 radical (unpaired) electrons. The third kappa shape index (κ3) is 8.43. The van der Waals surface area contributed by atoms with Crippen LogP contribution in [0.1, 0.15) is 77.0 Å². The van der Waals surface area contributed by atoms with E-state index in [0.717, 1.165) is 51.4 Å². The van der Waals surface area contributed by atoms with E-state index in [9.17, 15) is 24.9 Å². The Morgan fingerprint density at radius 1 is 0.725 bits per heavy atom. The summed E-state index contributed by atoms with van der Waals surface area (Å²) in [6.07, 6.45) is 7.24. The third-order valence-corrected chi connectivity index (χ3v) is 11.0. The Morgan fingerprint density at radius 2 is 1.35 bits per heavy atom. The van der Waals surface area contributed by atoms with Crippen LogP contribution in [0.4, 0.5) is 0 Å². The van der Waals surface area contributed by atoms with Crippen LogP contribution in [0.5, 0.6) is 0 Å². The second-order valence-corrected chi connectivity index (χ2v) is 13.8. The molecular formula is C28H46Cl2N2O8. The molecule has 0 aromatic carbocycles. The molecule has 10 nitrogen and oxygen atoms in total. The van der Waals surface area contributed by atoms with E-state index in [1.165, 1.54) is 0 Å². The molecule has 0 heterocycles. The van der Waals surface area contributed by atoms with Gasteiger partial charge in [-0.25, -0.2) is 4.89 Å². The maximum Gasteiger partial charge on any atom is 0.307 e. The van der Waals surface area contributed by atoms with Crippen LogP contribution in [-0.4, -0.2) is 80.7 Å². The number of aliphatic hydroxyl groups is 2. The van der Waals surface area contributed by atoms with Crippen molar-refractivity contribution in [2.24, 2.45) is 35.5 Å². The Morgan fingerprint density at radius 3 is 1.98 bits per heavy atom. The molecule has 0 spiro atoms. The van der Waals surface area contributed by atoms with Crippen molar-refractivity contribution < 1.29 is 39.9 Å². The lowest BCUT2D eigenvalue weighted by Crippen LogP contribution is -2.51. The van der Waals surface area contributed by atoms with Gasteiger partial charge in [-0.15, -0.1) is 23.2 Å². The van der Waals surface area contributed by atoms with E-state index in [1.807, 2.05) is 0 Å². The van der Waals surface area contributed by atoms with Gasteiger partial charge in [0.05, 0.1) is 48.0 Å². The zero-order valence-electron chi connectivity index (χ0n) is 23.0. The normalized spacial score (nSPS) is 42.7. The number of rotatable bonds is 10. The van der Waals surface area contributed by atoms with E-state index in [2.05, 4.69) is 15.7 Å². The van der Waals surface area contributed by atoms with Gasteiger partial charge in [-0.05, 0) is 101 Å². The van der Waals surface area contributed by atoms with Crippen molar-refractivity contribution in [1.82, 2.24) is 10.8 Å². The number of aliphatic hydroxyl groups excluding tert-OH is 2. The number of nitrogens with one attached hydrogen (secondary N) is 2. The first-order valence-electron chi connectivity index (χ1n) is 15.0. The molecule has 4 fully saturated rings. The van der Waals surface area contributed by atoms with Crippen molar-refractivity contribution >= 4 is 35.1 Å². The summed E-state index contributed by atoms with van der Waals surface area (Å²) >= 11 is 13.6. The summed E-state index contributed by atoms with van der Waals surface area (Å²) in [7, 11) is 0. The first kappa shape index (κ1) is 32.2. The standard InChI is InChI=1S/C28H46Cl2N2O8/c29-23-10-15(2-7-25(23)31-27(35)21-6-5-20(34)12-22(21)28(36)37)16-3-8-26(24(30)11-16)32-39-13-17-1-4-19(33)9-18(17)14-40-38/h15-26,32-34,38H,1-14H2,(H,31,35)(H,36,37). The lowest BCUT2D eigenvalue weighted by Gasteiger charge is -2.42. The van der Waals surface area contributed by atoms with Crippen molar-refractivity contribution in [2.45, 2.75) is 112 Å². The molecule has 230 valence electrons. The van der Waals surface area contributed by atoms with Crippen LogP contribution in [0.15, 0.2) is 0 Å². The molecule has 0 aliphatic heterocycles. The topological polar surface area (TPSA) is 158 Å². The molecule has 12 heteroatoms. The molecule has 0 aromatic heterocycles. The van der Waals surface area contributed by atoms with Gasteiger partial charge in [-0.2, -0.15) is 5.48 Å². The van der Waals surface area contributed by atoms with E-state index in [4.69, 9.17) is 33.3 Å². The van der Waals surface area contributed by atoms with Crippen molar-refractivity contribution in [3.05, 3.63) is 0 Å². The molecule has 4 saturated carbocycles. The Bertz CT molecular complexity index is 840. The maximum atomic E-state index is 13.0. The number of carbonyl (C=O) groups is 2. The summed E-state index contributed by atoms with van der Waals surface area (Å²) in [5, 5.41) is 40.9. The molecule has 12 atom stereocenters. The minimum atomic E-state index is -1.04. The van der Waals surface area contributed by atoms with Crippen molar-refractivity contribution in [1.29, 1.82) is 0 Å². The van der Waals surface area contributed by atoms with Gasteiger partial charge in [0.25, 0.3) is 0 Å². The molecule has 6 N–H and O–H groups in total. The fourth-order valence-electron chi connectivity index (χ4n) is 7.55. The lowest BCUT2D eigenvalue weighted by atomic mass is 9.71. The monoisotopic (exact) mass is 608 g/mol. The molecular weight excluding hydrogens is 563 g/mol. The SMILES string of the molecule is O=C(O)C1CC(O)CCC1C(=O)NC1CCC(C2CCC(NOCC3CCC(O)CC3COO)C(Cl)C2)CC1Cl. The highest BCUT2D eigenvalue weighted by atomic mass is 35.5.